The molecule has 0 aliphatic carbocycles. The monoisotopic (exact) mass is 246 g/mol. The third-order valence-corrected chi connectivity index (χ3v) is 2.96. The Morgan fingerprint density at radius 1 is 1.35 bits per heavy atom. The SMILES string of the molecule is CCC(C)C(C)Nc1cc(C(F)(F)F)ccn1. The molecule has 17 heavy (non-hydrogen) atoms. The molecule has 1 heterocycles. The van der Waals surface area contributed by atoms with Crippen LogP contribution in [0, 0.1) is 5.92 Å². The van der Waals surface area contributed by atoms with Crippen LogP contribution in [0.1, 0.15) is 32.8 Å². The fraction of sp³-hybridized carbons (Fsp3) is 0.583. The largest absolute Gasteiger partial charge is 0.416 e. The molecule has 2 nitrogen and oxygen atoms in total. The van der Waals surface area contributed by atoms with Crippen molar-refractivity contribution < 1.29 is 13.2 Å². The maximum Gasteiger partial charge on any atom is 0.416 e. The highest BCUT2D eigenvalue weighted by Gasteiger charge is 2.30. The molecule has 5 heteroatoms. The van der Waals surface area contributed by atoms with Crippen molar-refractivity contribution in [3.63, 3.8) is 0 Å². The van der Waals surface area contributed by atoms with Crippen LogP contribution in [0.15, 0.2) is 18.3 Å². The highest BCUT2D eigenvalue weighted by Crippen LogP contribution is 2.30. The molecule has 0 bridgehead atoms. The summed E-state index contributed by atoms with van der Waals surface area (Å²) in [6, 6.07) is 2.11. The van der Waals surface area contributed by atoms with Gasteiger partial charge in [-0.05, 0) is 25.0 Å². The number of nitrogens with one attached hydrogen (secondary N) is 1. The second-order valence-electron chi connectivity index (χ2n) is 4.25. The molecule has 1 N–H and O–H groups in total. The van der Waals surface area contributed by atoms with Gasteiger partial charge in [-0.25, -0.2) is 4.98 Å². The average molecular weight is 246 g/mol. The van der Waals surface area contributed by atoms with Gasteiger partial charge in [0.15, 0.2) is 0 Å². The standard InChI is InChI=1S/C12H17F3N2/c1-4-8(2)9(3)17-11-7-10(5-6-16-11)12(13,14)15/h5-9H,4H2,1-3H3,(H,16,17). The maximum absolute atomic E-state index is 12.5. The molecule has 1 aromatic heterocycles. The Labute approximate surface area is 99.3 Å². The van der Waals surface area contributed by atoms with E-state index >= 15 is 0 Å². The highest BCUT2D eigenvalue weighted by molar-refractivity contribution is 5.39. The Morgan fingerprint density at radius 2 is 2.00 bits per heavy atom. The Balaban J connectivity index is 2.79. The third-order valence-electron chi connectivity index (χ3n) is 2.96. The van der Waals surface area contributed by atoms with Crippen molar-refractivity contribution in [2.24, 2.45) is 5.92 Å². The first kappa shape index (κ1) is 13.8. The van der Waals surface area contributed by atoms with Gasteiger partial charge in [-0.1, -0.05) is 20.3 Å². The van der Waals surface area contributed by atoms with Gasteiger partial charge in [-0.3, -0.25) is 0 Å². The van der Waals surface area contributed by atoms with E-state index in [1.807, 2.05) is 20.8 Å². The fourth-order valence-corrected chi connectivity index (χ4v) is 1.41. The second-order valence-corrected chi connectivity index (χ2v) is 4.25. The number of alkyl halides is 3. The van der Waals surface area contributed by atoms with Crippen molar-refractivity contribution in [1.29, 1.82) is 0 Å². The first-order chi connectivity index (χ1) is 7.84. The van der Waals surface area contributed by atoms with Crippen molar-refractivity contribution in [3.05, 3.63) is 23.9 Å². The summed E-state index contributed by atoms with van der Waals surface area (Å²) in [6.45, 7) is 6.03. The third kappa shape index (κ3) is 3.91. The van der Waals surface area contributed by atoms with E-state index in [1.54, 1.807) is 0 Å². The second kappa shape index (κ2) is 5.38. The van der Waals surface area contributed by atoms with Crippen molar-refractivity contribution in [1.82, 2.24) is 4.98 Å². The summed E-state index contributed by atoms with van der Waals surface area (Å²) in [4.78, 5) is 3.90. The van der Waals surface area contributed by atoms with E-state index in [0.717, 1.165) is 18.6 Å². The van der Waals surface area contributed by atoms with Crippen LogP contribution in [0.2, 0.25) is 0 Å². The summed E-state index contributed by atoms with van der Waals surface area (Å²) in [6.07, 6.45) is -2.18. The van der Waals surface area contributed by atoms with Gasteiger partial charge in [0.1, 0.15) is 5.82 Å². The lowest BCUT2D eigenvalue weighted by Crippen LogP contribution is -2.24. The summed E-state index contributed by atoms with van der Waals surface area (Å²) >= 11 is 0. The van der Waals surface area contributed by atoms with Crippen molar-refractivity contribution in [2.75, 3.05) is 5.32 Å². The Bertz CT molecular complexity index is 363. The van der Waals surface area contributed by atoms with Crippen molar-refractivity contribution >= 4 is 5.82 Å². The molecule has 0 radical (unpaired) electrons. The summed E-state index contributed by atoms with van der Waals surface area (Å²) in [5.74, 6) is 0.652. The molecule has 0 aromatic carbocycles. The first-order valence-corrected chi connectivity index (χ1v) is 5.64. The predicted molar refractivity (Wildman–Crippen MR) is 61.8 cm³/mol. The van der Waals surface area contributed by atoms with Crippen LogP contribution in [0.5, 0.6) is 0 Å². The van der Waals surface area contributed by atoms with Crippen LogP contribution in [0.4, 0.5) is 19.0 Å². The van der Waals surface area contributed by atoms with E-state index in [1.165, 1.54) is 6.20 Å². The molecule has 96 valence electrons. The van der Waals surface area contributed by atoms with Gasteiger partial charge in [0.2, 0.25) is 0 Å². The Morgan fingerprint density at radius 3 is 2.53 bits per heavy atom. The lowest BCUT2D eigenvalue weighted by Gasteiger charge is -2.20. The Kier molecular flexibility index (Phi) is 4.37. The quantitative estimate of drug-likeness (QED) is 0.870. The van der Waals surface area contributed by atoms with Crippen molar-refractivity contribution in [2.45, 2.75) is 39.4 Å². The minimum atomic E-state index is -4.32. The zero-order chi connectivity index (χ0) is 13.1. The number of halogens is 3. The van der Waals surface area contributed by atoms with Crippen LogP contribution in [0.3, 0.4) is 0 Å². The predicted octanol–water partition coefficient (Wildman–Crippen LogP) is 3.95. The van der Waals surface area contributed by atoms with Crippen LogP contribution < -0.4 is 5.32 Å². The molecule has 0 amide bonds. The van der Waals surface area contributed by atoms with Gasteiger partial charge in [-0.2, -0.15) is 13.2 Å². The fourth-order valence-electron chi connectivity index (χ4n) is 1.41. The van der Waals surface area contributed by atoms with Gasteiger partial charge in [0.05, 0.1) is 5.56 Å². The lowest BCUT2D eigenvalue weighted by molar-refractivity contribution is -0.137. The van der Waals surface area contributed by atoms with E-state index in [2.05, 4.69) is 10.3 Å². The van der Waals surface area contributed by atoms with E-state index in [4.69, 9.17) is 0 Å². The zero-order valence-electron chi connectivity index (χ0n) is 10.2. The lowest BCUT2D eigenvalue weighted by atomic mass is 10.0. The first-order valence-electron chi connectivity index (χ1n) is 5.64. The Hall–Kier alpha value is -1.26. The molecule has 2 unspecified atom stereocenters. The molecule has 0 aliphatic heterocycles. The van der Waals surface area contributed by atoms with Gasteiger partial charge in [0, 0.05) is 12.2 Å². The van der Waals surface area contributed by atoms with E-state index < -0.39 is 11.7 Å². The van der Waals surface area contributed by atoms with Crippen molar-refractivity contribution in [3.8, 4) is 0 Å². The number of pyridine rings is 1. The molecule has 0 spiro atoms. The number of nitrogens with zero attached hydrogens (tertiary/aromatic N) is 1. The van der Waals surface area contributed by atoms with E-state index in [-0.39, 0.29) is 11.9 Å². The number of anilines is 1. The summed E-state index contributed by atoms with van der Waals surface area (Å²) in [5, 5.41) is 2.99. The molecule has 1 rings (SSSR count). The molecule has 0 saturated carbocycles. The maximum atomic E-state index is 12.5. The van der Waals surface area contributed by atoms with Crippen LogP contribution in [0.25, 0.3) is 0 Å². The summed E-state index contributed by atoms with van der Waals surface area (Å²) in [5.41, 5.74) is -0.675. The normalized spacial score (nSPS) is 15.4. The topological polar surface area (TPSA) is 24.9 Å². The molecular weight excluding hydrogens is 229 g/mol. The van der Waals surface area contributed by atoms with E-state index in [0.29, 0.717) is 5.92 Å². The number of rotatable bonds is 4. The summed E-state index contributed by atoms with van der Waals surface area (Å²) < 4.78 is 37.4. The van der Waals surface area contributed by atoms with Gasteiger partial charge >= 0.3 is 6.18 Å². The van der Waals surface area contributed by atoms with Crippen LogP contribution >= 0.6 is 0 Å². The van der Waals surface area contributed by atoms with E-state index in [9.17, 15) is 13.2 Å². The number of hydrogen-bond donors (Lipinski definition) is 1. The molecule has 0 fully saturated rings. The van der Waals surface area contributed by atoms with Crippen LogP contribution in [-0.4, -0.2) is 11.0 Å². The smallest absolute Gasteiger partial charge is 0.367 e. The van der Waals surface area contributed by atoms with Crippen LogP contribution in [-0.2, 0) is 6.18 Å². The molecule has 1 aromatic rings. The van der Waals surface area contributed by atoms with Gasteiger partial charge in [0.25, 0.3) is 0 Å². The number of aromatic nitrogens is 1. The van der Waals surface area contributed by atoms with Gasteiger partial charge < -0.3 is 5.32 Å². The average Bonchev–Trinajstić information content (AvgIpc) is 2.27. The zero-order valence-corrected chi connectivity index (χ0v) is 10.2. The minimum Gasteiger partial charge on any atom is -0.367 e. The molecule has 2 atom stereocenters. The molecular formula is C12H17F3N2. The highest BCUT2D eigenvalue weighted by atomic mass is 19.4. The molecule has 0 saturated heterocycles. The minimum absolute atomic E-state index is 0.0935. The van der Waals surface area contributed by atoms with Gasteiger partial charge in [-0.15, -0.1) is 0 Å². The molecule has 0 aliphatic rings. The summed E-state index contributed by atoms with van der Waals surface area (Å²) in [7, 11) is 0. The number of hydrogen-bond acceptors (Lipinski definition) is 2.